The summed E-state index contributed by atoms with van der Waals surface area (Å²) in [4.78, 5) is 15.8. The molecule has 3 aromatic heterocycles. The van der Waals surface area contributed by atoms with Crippen LogP contribution in [0.2, 0.25) is 0 Å². The van der Waals surface area contributed by atoms with Crippen LogP contribution >= 0.6 is 0 Å². The number of para-hydroxylation sites is 2. The van der Waals surface area contributed by atoms with Crippen LogP contribution in [0, 0.1) is 0 Å². The molecule has 0 aliphatic rings. The summed E-state index contributed by atoms with van der Waals surface area (Å²) in [5.74, 6) is 1.78. The van der Waals surface area contributed by atoms with Gasteiger partial charge in [0.25, 0.3) is 0 Å². The van der Waals surface area contributed by atoms with E-state index in [4.69, 9.17) is 23.8 Å². The van der Waals surface area contributed by atoms with E-state index in [0.717, 1.165) is 99.0 Å². The summed E-state index contributed by atoms with van der Waals surface area (Å²) in [6.45, 7) is 0. The average molecular weight is 792 g/mol. The average Bonchev–Trinajstić information content (AvgIpc) is 3.92. The molecule has 0 spiro atoms. The molecule has 0 N–H and O–H groups in total. The number of furan rings is 2. The van der Waals surface area contributed by atoms with Crippen molar-refractivity contribution in [3.05, 3.63) is 200 Å². The number of rotatable bonds is 5. The molecule has 5 nitrogen and oxygen atoms in total. The topological polar surface area (TPSA) is 65.0 Å². The highest BCUT2D eigenvalue weighted by atomic mass is 16.3. The summed E-state index contributed by atoms with van der Waals surface area (Å²) in [5, 5.41) is 11.2. The zero-order valence-electron chi connectivity index (χ0n) is 33.2. The van der Waals surface area contributed by atoms with Crippen LogP contribution in [-0.4, -0.2) is 15.0 Å². The first-order chi connectivity index (χ1) is 30.7. The first-order valence-corrected chi connectivity index (χ1v) is 20.8. The smallest absolute Gasteiger partial charge is 0.164 e. The lowest BCUT2D eigenvalue weighted by molar-refractivity contribution is 0.668. The Labute approximate surface area is 355 Å². The minimum absolute atomic E-state index is 0.585. The van der Waals surface area contributed by atoms with E-state index in [0.29, 0.717) is 17.5 Å². The fourth-order valence-electron chi connectivity index (χ4n) is 9.35. The molecule has 0 fully saturated rings. The van der Waals surface area contributed by atoms with Crippen molar-refractivity contribution >= 4 is 76.2 Å². The highest BCUT2D eigenvalue weighted by Crippen LogP contribution is 2.41. The number of hydrogen-bond donors (Lipinski definition) is 0. The Morgan fingerprint density at radius 3 is 1.58 bits per heavy atom. The molecular weight excluding hydrogens is 759 g/mol. The third-order valence-electron chi connectivity index (χ3n) is 12.3. The summed E-state index contributed by atoms with van der Waals surface area (Å²) in [6, 6.07) is 70.0. The molecule has 13 rings (SSSR count). The maximum atomic E-state index is 6.33. The van der Waals surface area contributed by atoms with Crippen molar-refractivity contribution in [2.24, 2.45) is 0 Å². The first kappa shape index (κ1) is 34.5. The standard InChI is InChI=1S/C57H33N3O2/c1-2-11-37-32-38(25-22-34(37)10-1)35-20-23-36(24-21-35)55-58-56(60-57(59-55)48-16-9-19-51-54(48)47-15-6-8-18-50(47)61-51)45-30-29-41(43-12-3-4-13-44(43)45)39-26-28-42-40(33-39)27-31-52-53(42)46-14-5-7-17-49(46)62-52/h1-33H. The predicted molar refractivity (Wildman–Crippen MR) is 254 cm³/mol. The number of fused-ring (bicyclic) bond motifs is 10. The molecule has 0 aliphatic heterocycles. The molecule has 3 heterocycles. The zero-order valence-corrected chi connectivity index (χ0v) is 33.2. The molecule has 10 aromatic carbocycles. The van der Waals surface area contributed by atoms with Crippen LogP contribution < -0.4 is 0 Å². The largest absolute Gasteiger partial charge is 0.456 e. The van der Waals surface area contributed by atoms with E-state index in [1.54, 1.807) is 0 Å². The molecule has 0 atom stereocenters. The van der Waals surface area contributed by atoms with Gasteiger partial charge in [0, 0.05) is 38.2 Å². The van der Waals surface area contributed by atoms with Gasteiger partial charge in [0.15, 0.2) is 17.5 Å². The second-order valence-corrected chi connectivity index (χ2v) is 15.9. The van der Waals surface area contributed by atoms with Crippen LogP contribution in [-0.2, 0) is 0 Å². The SMILES string of the molecule is c1ccc2cc(-c3ccc(-c4nc(-c5ccc(-c6ccc7c(ccc8oc9ccccc9c87)c6)c6ccccc56)nc(-c5cccc6oc7ccccc7c56)n4)cc3)ccc2c1. The molecule has 0 unspecified atom stereocenters. The van der Waals surface area contributed by atoms with Crippen LogP contribution in [0.3, 0.4) is 0 Å². The number of aromatic nitrogens is 3. The van der Waals surface area contributed by atoms with E-state index in [-0.39, 0.29) is 0 Å². The van der Waals surface area contributed by atoms with Crippen molar-refractivity contribution in [1.82, 2.24) is 15.0 Å². The second kappa shape index (κ2) is 13.6. The molecular formula is C57H33N3O2. The van der Waals surface area contributed by atoms with Crippen LogP contribution in [0.4, 0.5) is 0 Å². The molecule has 0 amide bonds. The summed E-state index contributed by atoms with van der Waals surface area (Å²) < 4.78 is 12.5. The monoisotopic (exact) mass is 791 g/mol. The second-order valence-electron chi connectivity index (χ2n) is 15.9. The lowest BCUT2D eigenvalue weighted by Crippen LogP contribution is -2.01. The van der Waals surface area contributed by atoms with E-state index in [9.17, 15) is 0 Å². The van der Waals surface area contributed by atoms with Crippen LogP contribution in [0.25, 0.3) is 133 Å². The molecule has 62 heavy (non-hydrogen) atoms. The van der Waals surface area contributed by atoms with Crippen molar-refractivity contribution < 1.29 is 8.83 Å². The fourth-order valence-corrected chi connectivity index (χ4v) is 9.35. The molecule has 0 saturated heterocycles. The van der Waals surface area contributed by atoms with Gasteiger partial charge in [0.1, 0.15) is 22.3 Å². The van der Waals surface area contributed by atoms with Gasteiger partial charge in [-0.1, -0.05) is 158 Å². The Bertz CT molecular complexity index is 3940. The Morgan fingerprint density at radius 1 is 0.258 bits per heavy atom. The van der Waals surface area contributed by atoms with Crippen LogP contribution in [0.15, 0.2) is 209 Å². The maximum absolute atomic E-state index is 6.33. The highest BCUT2D eigenvalue weighted by Gasteiger charge is 2.20. The van der Waals surface area contributed by atoms with E-state index < -0.39 is 0 Å². The number of hydrogen-bond acceptors (Lipinski definition) is 5. The van der Waals surface area contributed by atoms with Gasteiger partial charge in [-0.15, -0.1) is 0 Å². The molecule has 0 saturated carbocycles. The lowest BCUT2D eigenvalue weighted by atomic mass is 9.92. The first-order valence-electron chi connectivity index (χ1n) is 20.8. The van der Waals surface area contributed by atoms with Crippen LogP contribution in [0.1, 0.15) is 0 Å². The van der Waals surface area contributed by atoms with E-state index >= 15 is 0 Å². The summed E-state index contributed by atoms with van der Waals surface area (Å²) in [5.41, 5.74) is 10.7. The Morgan fingerprint density at radius 2 is 0.790 bits per heavy atom. The molecule has 288 valence electrons. The molecule has 5 heteroatoms. The lowest BCUT2D eigenvalue weighted by Gasteiger charge is -2.14. The minimum Gasteiger partial charge on any atom is -0.456 e. The Balaban J connectivity index is 0.976. The summed E-state index contributed by atoms with van der Waals surface area (Å²) >= 11 is 0. The van der Waals surface area contributed by atoms with E-state index in [1.807, 2.05) is 42.5 Å². The normalized spacial score (nSPS) is 11.9. The van der Waals surface area contributed by atoms with Gasteiger partial charge in [0.05, 0.1) is 0 Å². The quantitative estimate of drug-likeness (QED) is 0.174. The zero-order chi connectivity index (χ0) is 40.7. The molecule has 0 bridgehead atoms. The van der Waals surface area contributed by atoms with Gasteiger partial charge in [-0.2, -0.15) is 0 Å². The van der Waals surface area contributed by atoms with Crippen LogP contribution in [0.5, 0.6) is 0 Å². The van der Waals surface area contributed by atoms with Gasteiger partial charge >= 0.3 is 0 Å². The third kappa shape index (κ3) is 5.45. The van der Waals surface area contributed by atoms with Gasteiger partial charge in [-0.3, -0.25) is 0 Å². The van der Waals surface area contributed by atoms with Gasteiger partial charge in [-0.05, 0) is 97.0 Å². The maximum Gasteiger partial charge on any atom is 0.164 e. The minimum atomic E-state index is 0.585. The van der Waals surface area contributed by atoms with Gasteiger partial charge < -0.3 is 8.83 Å². The predicted octanol–water partition coefficient (Wildman–Crippen LogP) is 15.5. The Kier molecular flexibility index (Phi) is 7.54. The molecule has 0 radical (unpaired) electrons. The fraction of sp³-hybridized carbons (Fsp3) is 0. The highest BCUT2D eigenvalue weighted by molar-refractivity contribution is 6.19. The molecule has 0 aliphatic carbocycles. The van der Waals surface area contributed by atoms with E-state index in [1.165, 1.54) is 16.2 Å². The number of nitrogens with zero attached hydrogens (tertiary/aromatic N) is 3. The summed E-state index contributed by atoms with van der Waals surface area (Å²) in [6.07, 6.45) is 0. The number of benzene rings is 10. The molecule has 13 aromatic rings. The summed E-state index contributed by atoms with van der Waals surface area (Å²) in [7, 11) is 0. The van der Waals surface area contributed by atoms with Crippen molar-refractivity contribution in [2.45, 2.75) is 0 Å². The van der Waals surface area contributed by atoms with E-state index in [2.05, 4.69) is 158 Å². The van der Waals surface area contributed by atoms with Gasteiger partial charge in [-0.25, -0.2) is 15.0 Å². The van der Waals surface area contributed by atoms with Crippen molar-refractivity contribution in [2.75, 3.05) is 0 Å². The van der Waals surface area contributed by atoms with Crippen molar-refractivity contribution in [3.8, 4) is 56.4 Å². The van der Waals surface area contributed by atoms with Gasteiger partial charge in [0.2, 0.25) is 0 Å². The van der Waals surface area contributed by atoms with Crippen molar-refractivity contribution in [1.29, 1.82) is 0 Å². The third-order valence-corrected chi connectivity index (χ3v) is 12.3. The van der Waals surface area contributed by atoms with Crippen molar-refractivity contribution in [3.63, 3.8) is 0 Å². The Hall–Kier alpha value is -8.41.